The average Bonchev–Trinajstić information content (AvgIpc) is 3.55. The maximum atomic E-state index is 13.2. The van der Waals surface area contributed by atoms with Crippen LogP contribution in [-0.2, 0) is 14.3 Å². The Morgan fingerprint density at radius 2 is 2.25 bits per heavy atom. The van der Waals surface area contributed by atoms with Crippen molar-refractivity contribution in [2.75, 3.05) is 26.8 Å². The van der Waals surface area contributed by atoms with Gasteiger partial charge in [-0.1, -0.05) is 18.5 Å². The summed E-state index contributed by atoms with van der Waals surface area (Å²) in [5.41, 5.74) is 8.98. The van der Waals surface area contributed by atoms with Crippen LogP contribution in [0.4, 0.5) is 0 Å². The minimum absolute atomic E-state index is 0.0206. The summed E-state index contributed by atoms with van der Waals surface area (Å²) in [5, 5.41) is 15.4. The topological polar surface area (TPSA) is 123 Å². The number of nitrogens with one attached hydrogen (secondary N) is 2. The third kappa shape index (κ3) is 6.42. The third-order valence-electron chi connectivity index (χ3n) is 5.00. The molecule has 0 aromatic carbocycles. The molecule has 0 spiro atoms. The van der Waals surface area contributed by atoms with Gasteiger partial charge in [0.05, 0.1) is 25.4 Å². The molecular formula is C19H32N6O3. The van der Waals surface area contributed by atoms with Gasteiger partial charge in [-0.15, -0.1) is 0 Å². The number of rotatable bonds is 12. The van der Waals surface area contributed by atoms with Crippen LogP contribution in [0.15, 0.2) is 17.1 Å². The van der Waals surface area contributed by atoms with E-state index >= 15 is 0 Å². The van der Waals surface area contributed by atoms with Crippen LogP contribution in [0.25, 0.3) is 10.4 Å². The fourth-order valence-corrected chi connectivity index (χ4v) is 3.30. The third-order valence-corrected chi connectivity index (χ3v) is 5.00. The van der Waals surface area contributed by atoms with Crippen LogP contribution in [0.1, 0.15) is 51.9 Å². The quantitative estimate of drug-likeness (QED) is 0.132. The minimum atomic E-state index is -0.625. The van der Waals surface area contributed by atoms with Gasteiger partial charge in [-0.05, 0) is 44.1 Å². The predicted octanol–water partition coefficient (Wildman–Crippen LogP) is 3.12. The number of carbonyl (C=O) groups is 1. The molecule has 1 saturated carbocycles. The van der Waals surface area contributed by atoms with E-state index in [1.54, 1.807) is 18.1 Å². The standard InChI is InChI=1S/C19H32N6O3/c1-3-4-10-22-18(27-2)12-15(20)16(13-23-24-21)25(14-8-9-14)19(26)17-7-5-6-11-28-17/h12,14,16-17,20,22H,3-11,13H2,1-2H3/b18-12+,20-15?/t16-,17-/m1/s1. The summed E-state index contributed by atoms with van der Waals surface area (Å²) in [5.74, 6) is 0.373. The number of hydrogen-bond donors (Lipinski definition) is 2. The summed E-state index contributed by atoms with van der Waals surface area (Å²) in [6, 6.07) is -0.552. The summed E-state index contributed by atoms with van der Waals surface area (Å²) in [6.45, 7) is 3.45. The number of ether oxygens (including phenoxy) is 2. The Kier molecular flexibility index (Phi) is 9.10. The molecule has 9 heteroatoms. The normalized spacial score (nSPS) is 20.6. The molecule has 1 aliphatic heterocycles. The maximum Gasteiger partial charge on any atom is 0.252 e. The van der Waals surface area contributed by atoms with Crippen LogP contribution in [0.2, 0.25) is 0 Å². The zero-order valence-corrected chi connectivity index (χ0v) is 16.9. The van der Waals surface area contributed by atoms with Crippen molar-refractivity contribution >= 4 is 11.6 Å². The molecule has 9 nitrogen and oxygen atoms in total. The minimum Gasteiger partial charge on any atom is -0.482 e. The Balaban J connectivity index is 2.19. The number of unbranched alkanes of at least 4 members (excludes halogenated alkanes) is 1. The lowest BCUT2D eigenvalue weighted by atomic mass is 10.0. The Morgan fingerprint density at radius 1 is 1.46 bits per heavy atom. The SMILES string of the molecule is CCCCN/C(=C\C(=N)[C@@H](CN=[N+]=[N-])N(C(=O)[C@H]1CCCCO1)C1CC1)OC. The van der Waals surface area contributed by atoms with Crippen LogP contribution >= 0.6 is 0 Å². The number of methoxy groups -OCH3 is 1. The molecule has 0 radical (unpaired) electrons. The van der Waals surface area contributed by atoms with Gasteiger partial charge in [0, 0.05) is 30.2 Å². The van der Waals surface area contributed by atoms with Crippen LogP contribution < -0.4 is 5.32 Å². The van der Waals surface area contributed by atoms with Gasteiger partial charge in [0.2, 0.25) is 0 Å². The fraction of sp³-hybridized carbons (Fsp3) is 0.789. The van der Waals surface area contributed by atoms with Gasteiger partial charge in [-0.25, -0.2) is 0 Å². The number of carbonyl (C=O) groups excluding carboxylic acids is 1. The van der Waals surface area contributed by atoms with Crippen LogP contribution in [0, 0.1) is 5.41 Å². The van der Waals surface area contributed by atoms with Crippen molar-refractivity contribution in [1.82, 2.24) is 10.2 Å². The van der Waals surface area contributed by atoms with Gasteiger partial charge in [-0.3, -0.25) is 4.79 Å². The lowest BCUT2D eigenvalue weighted by molar-refractivity contribution is -0.148. The van der Waals surface area contributed by atoms with E-state index < -0.39 is 12.1 Å². The van der Waals surface area contributed by atoms with Crippen molar-refractivity contribution in [3.63, 3.8) is 0 Å². The lowest BCUT2D eigenvalue weighted by Crippen LogP contribution is -2.52. The first-order valence-electron chi connectivity index (χ1n) is 10.1. The summed E-state index contributed by atoms with van der Waals surface area (Å²) in [4.78, 5) is 17.7. The molecule has 1 amide bonds. The fourth-order valence-electron chi connectivity index (χ4n) is 3.30. The molecule has 0 bridgehead atoms. The van der Waals surface area contributed by atoms with Crippen molar-refractivity contribution in [2.24, 2.45) is 5.11 Å². The summed E-state index contributed by atoms with van der Waals surface area (Å²) in [7, 11) is 1.54. The second-order valence-electron chi connectivity index (χ2n) is 7.21. The highest BCUT2D eigenvalue weighted by Crippen LogP contribution is 2.31. The van der Waals surface area contributed by atoms with E-state index in [1.165, 1.54) is 0 Å². The molecule has 2 atom stereocenters. The molecule has 2 rings (SSSR count). The summed E-state index contributed by atoms with van der Waals surface area (Å²) in [6.07, 6.45) is 7.57. The van der Waals surface area contributed by atoms with Gasteiger partial charge < -0.3 is 25.1 Å². The molecule has 2 N–H and O–H groups in total. The van der Waals surface area contributed by atoms with Crippen LogP contribution in [-0.4, -0.2) is 61.5 Å². The molecule has 1 heterocycles. The van der Waals surface area contributed by atoms with E-state index in [2.05, 4.69) is 22.3 Å². The molecule has 0 unspecified atom stereocenters. The van der Waals surface area contributed by atoms with Crippen molar-refractivity contribution in [3.8, 4) is 0 Å². The Morgan fingerprint density at radius 3 is 2.82 bits per heavy atom. The second-order valence-corrected chi connectivity index (χ2v) is 7.21. The first-order chi connectivity index (χ1) is 13.6. The van der Waals surface area contributed by atoms with E-state index in [0.29, 0.717) is 18.9 Å². The smallest absolute Gasteiger partial charge is 0.252 e. The van der Waals surface area contributed by atoms with Gasteiger partial charge >= 0.3 is 0 Å². The highest BCUT2D eigenvalue weighted by molar-refractivity contribution is 6.00. The van der Waals surface area contributed by atoms with Crippen molar-refractivity contribution in [2.45, 2.75) is 70.1 Å². The summed E-state index contributed by atoms with van der Waals surface area (Å²) < 4.78 is 11.0. The average molecular weight is 393 g/mol. The first-order valence-corrected chi connectivity index (χ1v) is 10.1. The second kappa shape index (κ2) is 11.6. The number of nitrogens with zero attached hydrogens (tertiary/aromatic N) is 4. The Bertz CT molecular complexity index is 607. The largest absolute Gasteiger partial charge is 0.482 e. The molecule has 1 aliphatic carbocycles. The zero-order valence-electron chi connectivity index (χ0n) is 16.9. The first kappa shape index (κ1) is 22.0. The van der Waals surface area contributed by atoms with Gasteiger partial charge in [0.15, 0.2) is 5.88 Å². The van der Waals surface area contributed by atoms with Crippen LogP contribution in [0.5, 0.6) is 0 Å². The van der Waals surface area contributed by atoms with E-state index in [-0.39, 0.29) is 24.2 Å². The molecular weight excluding hydrogens is 360 g/mol. The predicted molar refractivity (Wildman–Crippen MR) is 107 cm³/mol. The highest BCUT2D eigenvalue weighted by atomic mass is 16.5. The molecule has 0 aromatic rings. The Hall–Kier alpha value is -2.25. The molecule has 2 aliphatic rings. The van der Waals surface area contributed by atoms with E-state index in [0.717, 1.165) is 45.1 Å². The van der Waals surface area contributed by atoms with E-state index in [1.807, 2.05) is 0 Å². The van der Waals surface area contributed by atoms with E-state index in [9.17, 15) is 4.79 Å². The van der Waals surface area contributed by atoms with Crippen molar-refractivity contribution in [3.05, 3.63) is 22.4 Å². The molecule has 156 valence electrons. The molecule has 0 aromatic heterocycles. The van der Waals surface area contributed by atoms with Gasteiger partial charge in [0.25, 0.3) is 5.91 Å². The Labute approximate surface area is 166 Å². The van der Waals surface area contributed by atoms with Crippen molar-refractivity contribution < 1.29 is 14.3 Å². The number of azide groups is 1. The molecule has 1 saturated heterocycles. The zero-order chi connectivity index (χ0) is 20.4. The summed E-state index contributed by atoms with van der Waals surface area (Å²) >= 11 is 0. The number of amides is 1. The van der Waals surface area contributed by atoms with Gasteiger partial charge in [-0.2, -0.15) is 0 Å². The number of hydrogen-bond acceptors (Lipinski definition) is 6. The van der Waals surface area contributed by atoms with Gasteiger partial charge in [0.1, 0.15) is 6.10 Å². The maximum absolute atomic E-state index is 13.2. The molecule has 2 fully saturated rings. The van der Waals surface area contributed by atoms with Crippen molar-refractivity contribution in [1.29, 1.82) is 5.41 Å². The van der Waals surface area contributed by atoms with Crippen LogP contribution in [0.3, 0.4) is 0 Å². The monoisotopic (exact) mass is 392 g/mol. The highest BCUT2D eigenvalue weighted by Gasteiger charge is 2.41. The van der Waals surface area contributed by atoms with E-state index in [4.69, 9.17) is 20.4 Å². The lowest BCUT2D eigenvalue weighted by Gasteiger charge is -2.35. The molecule has 28 heavy (non-hydrogen) atoms.